The van der Waals surface area contributed by atoms with Crippen LogP contribution in [-0.4, -0.2) is 54.4 Å². The number of fused-ring (bicyclic) bond motifs is 1. The van der Waals surface area contributed by atoms with E-state index < -0.39 is 12.1 Å². The lowest BCUT2D eigenvalue weighted by Gasteiger charge is -2.47. The summed E-state index contributed by atoms with van der Waals surface area (Å²) in [6.07, 6.45) is 6.34. The van der Waals surface area contributed by atoms with E-state index in [0.29, 0.717) is 18.0 Å². The molecule has 1 aromatic heterocycles. The van der Waals surface area contributed by atoms with Crippen molar-refractivity contribution < 1.29 is 19.0 Å². The number of hydrogen-bond donors (Lipinski definition) is 3. The number of nitrogens with zero attached hydrogens (tertiary/aromatic N) is 2. The second-order valence-electron chi connectivity index (χ2n) is 12.5. The predicted molar refractivity (Wildman–Crippen MR) is 148 cm³/mol. The molecule has 0 saturated heterocycles. The van der Waals surface area contributed by atoms with Gasteiger partial charge in [-0.1, -0.05) is 26.8 Å². The number of aliphatic hydroxyl groups is 1. The maximum Gasteiger partial charge on any atom is 0.218 e. The van der Waals surface area contributed by atoms with Crippen LogP contribution in [0.5, 0.6) is 5.88 Å². The summed E-state index contributed by atoms with van der Waals surface area (Å²) in [5.74, 6) is 0.158. The van der Waals surface area contributed by atoms with Crippen LogP contribution in [0.1, 0.15) is 76.1 Å². The monoisotopic (exact) mass is 526 g/mol. The number of aliphatic hydroxyl groups excluding tert-OH is 1. The number of pyridine rings is 1. The highest BCUT2D eigenvalue weighted by Crippen LogP contribution is 2.48. The average Bonchev–Trinajstić information content (AvgIpc) is 2.80. The van der Waals surface area contributed by atoms with E-state index in [9.17, 15) is 14.3 Å². The van der Waals surface area contributed by atoms with Crippen LogP contribution >= 0.6 is 0 Å². The number of anilines is 1. The van der Waals surface area contributed by atoms with E-state index in [4.69, 9.17) is 9.72 Å². The molecule has 1 saturated carbocycles. The number of nitrogens with one attached hydrogen (secondary N) is 2. The van der Waals surface area contributed by atoms with Gasteiger partial charge in [-0.2, -0.15) is 0 Å². The molecule has 3 N–H and O–H groups in total. The van der Waals surface area contributed by atoms with E-state index in [-0.39, 0.29) is 35.3 Å². The molecular formula is C30H43FN4O3. The molecule has 2 aromatic rings. The van der Waals surface area contributed by atoms with Crippen molar-refractivity contribution in [3.63, 3.8) is 0 Å². The summed E-state index contributed by atoms with van der Waals surface area (Å²) < 4.78 is 20.6. The van der Waals surface area contributed by atoms with E-state index in [1.807, 2.05) is 6.20 Å². The molecule has 1 aromatic carbocycles. The van der Waals surface area contributed by atoms with Gasteiger partial charge in [0.2, 0.25) is 11.8 Å². The third-order valence-corrected chi connectivity index (χ3v) is 7.57. The van der Waals surface area contributed by atoms with Gasteiger partial charge in [-0.25, -0.2) is 9.37 Å². The Morgan fingerprint density at radius 3 is 2.61 bits per heavy atom. The van der Waals surface area contributed by atoms with Gasteiger partial charge < -0.3 is 25.4 Å². The van der Waals surface area contributed by atoms with Gasteiger partial charge >= 0.3 is 0 Å². The van der Waals surface area contributed by atoms with Gasteiger partial charge in [0.1, 0.15) is 11.4 Å². The van der Waals surface area contributed by atoms with Crippen molar-refractivity contribution >= 4 is 11.6 Å². The molecular weight excluding hydrogens is 483 g/mol. The number of rotatable bonds is 9. The van der Waals surface area contributed by atoms with E-state index in [0.717, 1.165) is 43.2 Å². The quantitative estimate of drug-likeness (QED) is 0.451. The van der Waals surface area contributed by atoms with Crippen LogP contribution in [0, 0.1) is 11.2 Å². The van der Waals surface area contributed by atoms with Crippen molar-refractivity contribution in [2.45, 2.75) is 90.0 Å². The summed E-state index contributed by atoms with van der Waals surface area (Å²) >= 11 is 0. The number of ether oxygens (including phenoxy) is 1. The topological polar surface area (TPSA) is 86.7 Å². The van der Waals surface area contributed by atoms with Gasteiger partial charge in [-0.15, -0.1) is 0 Å². The summed E-state index contributed by atoms with van der Waals surface area (Å²) in [6.45, 7) is 8.37. The third-order valence-electron chi connectivity index (χ3n) is 7.57. The number of benzene rings is 1. The zero-order valence-corrected chi connectivity index (χ0v) is 23.6. The lowest BCUT2D eigenvalue weighted by Crippen LogP contribution is -2.52. The fourth-order valence-corrected chi connectivity index (χ4v) is 5.58. The number of halogens is 1. The minimum atomic E-state index is -0.846. The fourth-order valence-electron chi connectivity index (χ4n) is 5.58. The maximum atomic E-state index is 14.2. The highest BCUT2D eigenvalue weighted by molar-refractivity contribution is 5.73. The number of amides is 1. The van der Waals surface area contributed by atoms with E-state index in [1.54, 1.807) is 31.1 Å². The lowest BCUT2D eigenvalue weighted by atomic mass is 9.73. The Morgan fingerprint density at radius 1 is 1.26 bits per heavy atom. The molecule has 7 nitrogen and oxygen atoms in total. The average molecular weight is 527 g/mol. The molecule has 3 atom stereocenters. The summed E-state index contributed by atoms with van der Waals surface area (Å²) in [5, 5.41) is 17.7. The minimum Gasteiger partial charge on any atom is -0.471 e. The first-order valence-corrected chi connectivity index (χ1v) is 13.7. The zero-order chi connectivity index (χ0) is 27.7. The van der Waals surface area contributed by atoms with Crippen LogP contribution in [-0.2, 0) is 17.6 Å². The summed E-state index contributed by atoms with van der Waals surface area (Å²) in [6, 6.07) is 6.55. The fraction of sp³-hybridized carbons (Fsp3) is 0.600. The molecule has 38 heavy (non-hydrogen) atoms. The first-order chi connectivity index (χ1) is 17.8. The second kappa shape index (κ2) is 11.2. The Labute approximate surface area is 226 Å². The Hall–Kier alpha value is -2.71. The molecule has 1 aliphatic carbocycles. The molecule has 0 bridgehead atoms. The van der Waals surface area contributed by atoms with Crippen LogP contribution in [0.25, 0.3) is 0 Å². The molecule has 2 aliphatic rings. The van der Waals surface area contributed by atoms with Crippen molar-refractivity contribution in [1.82, 2.24) is 15.6 Å². The molecule has 4 rings (SSSR count). The van der Waals surface area contributed by atoms with Crippen LogP contribution in [0.2, 0.25) is 0 Å². The largest absolute Gasteiger partial charge is 0.471 e. The molecule has 208 valence electrons. The highest BCUT2D eigenvalue weighted by atomic mass is 19.1. The van der Waals surface area contributed by atoms with Crippen molar-refractivity contribution in [2.75, 3.05) is 25.5 Å². The number of carbonyl (C=O) groups is 1. The minimum absolute atomic E-state index is 0.00902. The molecule has 1 aliphatic heterocycles. The van der Waals surface area contributed by atoms with Gasteiger partial charge in [0.15, 0.2) is 0 Å². The summed E-state index contributed by atoms with van der Waals surface area (Å²) in [5.41, 5.74) is 3.45. The number of carbonyl (C=O) groups excluding carboxylic acids is 1. The van der Waals surface area contributed by atoms with Gasteiger partial charge in [-0.05, 0) is 66.8 Å². The molecule has 1 spiro atoms. The Morgan fingerprint density at radius 2 is 2.00 bits per heavy atom. The molecule has 2 heterocycles. The predicted octanol–water partition coefficient (Wildman–Crippen LogP) is 4.32. The highest BCUT2D eigenvalue weighted by Gasteiger charge is 2.46. The van der Waals surface area contributed by atoms with Gasteiger partial charge in [0, 0.05) is 51.8 Å². The number of hydrogen-bond acceptors (Lipinski definition) is 6. The maximum absolute atomic E-state index is 14.2. The summed E-state index contributed by atoms with van der Waals surface area (Å²) in [7, 11) is 3.57. The van der Waals surface area contributed by atoms with Crippen LogP contribution in [0.15, 0.2) is 30.5 Å². The van der Waals surface area contributed by atoms with Crippen LogP contribution in [0.4, 0.5) is 10.1 Å². The van der Waals surface area contributed by atoms with E-state index >= 15 is 0 Å². The third kappa shape index (κ3) is 6.83. The normalized spacial score (nSPS) is 19.6. The Kier molecular flexibility index (Phi) is 8.33. The van der Waals surface area contributed by atoms with Crippen molar-refractivity contribution in [3.05, 3.63) is 53.0 Å². The van der Waals surface area contributed by atoms with Crippen LogP contribution < -0.4 is 20.3 Å². The van der Waals surface area contributed by atoms with Crippen molar-refractivity contribution in [3.8, 4) is 5.88 Å². The smallest absolute Gasteiger partial charge is 0.218 e. The molecule has 0 unspecified atom stereocenters. The lowest BCUT2D eigenvalue weighted by molar-refractivity contribution is -0.120. The van der Waals surface area contributed by atoms with E-state index in [1.165, 1.54) is 18.6 Å². The molecule has 1 fully saturated rings. The Balaban J connectivity index is 1.51. The Bertz CT molecular complexity index is 1140. The summed E-state index contributed by atoms with van der Waals surface area (Å²) in [4.78, 5) is 18.4. The SMILES string of the molecule is CC(=O)N[C@@H](Cc1ccc(F)c(N(C)C)c1)[C@H](O)CN[C@H]1CC2(CCC2)Oc2ncc(CC(C)(C)C)cc21. The standard InChI is InChI=1S/C30H43FN4O3/c1-19(36)34-24(13-20-8-9-23(31)26(14-20)35(5)6)27(37)18-32-25-16-30(10-7-11-30)38-28-22(25)12-21(17-33-28)15-29(2,3)4/h8-9,12,14,17,24-25,27,32,37H,7,10-11,13,15-16,18H2,1-6H3,(H,34,36)/t24-,25-,27+/m0/s1. The van der Waals surface area contributed by atoms with Crippen LogP contribution in [0.3, 0.4) is 0 Å². The first kappa shape index (κ1) is 28.3. The molecule has 8 heteroatoms. The van der Waals surface area contributed by atoms with Gasteiger partial charge in [0.05, 0.1) is 17.8 Å². The van der Waals surface area contributed by atoms with Gasteiger partial charge in [-0.3, -0.25) is 4.79 Å². The molecule has 0 radical (unpaired) electrons. The van der Waals surface area contributed by atoms with Crippen molar-refractivity contribution in [2.24, 2.45) is 5.41 Å². The first-order valence-electron chi connectivity index (χ1n) is 13.7. The molecule has 1 amide bonds. The number of aromatic nitrogens is 1. The second-order valence-corrected chi connectivity index (χ2v) is 12.5. The van der Waals surface area contributed by atoms with Gasteiger partial charge in [0.25, 0.3) is 0 Å². The zero-order valence-electron chi connectivity index (χ0n) is 23.6. The van der Waals surface area contributed by atoms with E-state index in [2.05, 4.69) is 37.5 Å². The van der Waals surface area contributed by atoms with Crippen molar-refractivity contribution in [1.29, 1.82) is 0 Å².